The van der Waals surface area contributed by atoms with Crippen LogP contribution in [0.15, 0.2) is 85.0 Å². The van der Waals surface area contributed by atoms with E-state index < -0.39 is 95.7 Å². The van der Waals surface area contributed by atoms with Crippen LogP contribution in [0.2, 0.25) is 0 Å². The maximum absolute atomic E-state index is 13.6. The van der Waals surface area contributed by atoms with Crippen LogP contribution in [-0.4, -0.2) is 36.2 Å². The summed E-state index contributed by atoms with van der Waals surface area (Å²) in [5, 5.41) is 26.5. The fourth-order valence-corrected chi connectivity index (χ4v) is 6.51. The van der Waals surface area contributed by atoms with E-state index in [1.54, 1.807) is 0 Å². The number of nitrogens with one attached hydrogen (secondary N) is 1. The number of nitrogens with two attached hydrogens (primary N) is 1. The van der Waals surface area contributed by atoms with E-state index in [-0.39, 0.29) is 80.7 Å². The Labute approximate surface area is 296 Å². The third kappa shape index (κ3) is 5.38. The van der Waals surface area contributed by atoms with Gasteiger partial charge < -0.3 is 25.1 Å². The van der Waals surface area contributed by atoms with E-state index in [1.165, 1.54) is 48.5 Å². The topological polar surface area (TPSA) is 251 Å². The Bertz CT molecular complexity index is 2780. The van der Waals surface area contributed by atoms with Crippen molar-refractivity contribution >= 4 is 63.9 Å². The van der Waals surface area contributed by atoms with Gasteiger partial charge >= 0.3 is 59.1 Å². The van der Waals surface area contributed by atoms with E-state index in [1.807, 2.05) is 0 Å². The van der Waals surface area contributed by atoms with Gasteiger partial charge in [0.25, 0.3) is 0 Å². The van der Waals surface area contributed by atoms with Crippen molar-refractivity contribution in [3.8, 4) is 11.5 Å². The van der Waals surface area contributed by atoms with Crippen LogP contribution in [0, 0.1) is 15.8 Å². The minimum absolute atomic E-state index is 0. The second kappa shape index (κ2) is 11.9. The second-order valence-electron chi connectivity index (χ2n) is 9.54. The van der Waals surface area contributed by atoms with Gasteiger partial charge in [-0.3, -0.25) is 15.0 Å². The smallest absolute Gasteiger partial charge is 0.744 e. The Kier molecular flexibility index (Phi) is 9.13. The zero-order chi connectivity index (χ0) is 31.2. The number of hydrogen-bond acceptors (Lipinski definition) is 13. The van der Waals surface area contributed by atoms with Crippen LogP contribution in [0.3, 0.4) is 0 Å². The molecule has 4 aromatic carbocycles. The van der Waals surface area contributed by atoms with Crippen LogP contribution in [0.1, 0.15) is 0 Å². The summed E-state index contributed by atoms with van der Waals surface area (Å²) in [6.45, 7) is 0. The van der Waals surface area contributed by atoms with Crippen LogP contribution in [-0.2, 0) is 20.2 Å². The van der Waals surface area contributed by atoms with Crippen LogP contribution in [0.4, 0.5) is 11.4 Å². The summed E-state index contributed by atoms with van der Waals surface area (Å²) in [5.74, 6) is -1.21. The summed E-state index contributed by atoms with van der Waals surface area (Å²) in [6, 6.07) is 12.5. The van der Waals surface area contributed by atoms with Gasteiger partial charge in [0.15, 0.2) is 10.9 Å². The van der Waals surface area contributed by atoms with Crippen LogP contribution >= 0.6 is 0 Å². The maximum atomic E-state index is 13.6. The van der Waals surface area contributed by atoms with Crippen molar-refractivity contribution < 1.29 is 95.3 Å². The Balaban J connectivity index is 0.00000230. The monoisotopic (exact) mass is 663 g/mol. The molecule has 13 nitrogen and oxygen atoms in total. The molecular formula is C28H15N3Na2O10S2. The number of phenolic OH excluding ortho intramolecular Hbond substituents is 2. The summed E-state index contributed by atoms with van der Waals surface area (Å²) in [4.78, 5) is 29.0. The molecule has 0 saturated carbocycles. The van der Waals surface area contributed by atoms with Gasteiger partial charge in [-0.15, -0.1) is 0 Å². The van der Waals surface area contributed by atoms with Crippen LogP contribution < -0.4 is 86.4 Å². The molecular weight excluding hydrogens is 648 g/mol. The molecule has 0 bridgehead atoms. The van der Waals surface area contributed by atoms with Crippen molar-refractivity contribution in [2.75, 3.05) is 5.73 Å². The predicted molar refractivity (Wildman–Crippen MR) is 150 cm³/mol. The first-order valence-electron chi connectivity index (χ1n) is 12.1. The van der Waals surface area contributed by atoms with Crippen molar-refractivity contribution in [3.63, 3.8) is 0 Å². The largest absolute Gasteiger partial charge is 1.00 e. The van der Waals surface area contributed by atoms with E-state index in [9.17, 15) is 45.7 Å². The van der Waals surface area contributed by atoms with E-state index in [4.69, 9.17) is 11.1 Å². The van der Waals surface area contributed by atoms with Crippen molar-refractivity contribution in [1.82, 2.24) is 0 Å². The molecule has 2 aliphatic rings. The number of phenols is 2. The van der Waals surface area contributed by atoms with Crippen molar-refractivity contribution in [2.24, 2.45) is 4.99 Å². The summed E-state index contributed by atoms with van der Waals surface area (Å²) in [7, 11) is -10.8. The van der Waals surface area contributed by atoms with E-state index >= 15 is 0 Å². The number of nitrogens with zero attached hydrogens (tertiary/aromatic N) is 1. The molecule has 0 amide bonds. The van der Waals surface area contributed by atoms with Crippen molar-refractivity contribution in [3.05, 3.63) is 102 Å². The molecule has 0 atom stereocenters. The molecule has 0 aliphatic heterocycles. The minimum Gasteiger partial charge on any atom is -0.744 e. The first-order valence-corrected chi connectivity index (χ1v) is 14.9. The molecule has 0 spiro atoms. The Morgan fingerprint density at radius 3 is 1.62 bits per heavy atom. The van der Waals surface area contributed by atoms with Crippen LogP contribution in [0.25, 0.3) is 32.3 Å². The first-order chi connectivity index (χ1) is 20.1. The number of fused-ring (bicyclic) bond motifs is 3. The molecule has 0 unspecified atom stereocenters. The molecule has 4 aromatic rings. The molecule has 0 heterocycles. The van der Waals surface area contributed by atoms with Gasteiger partial charge in [-0.25, -0.2) is 21.8 Å². The summed E-state index contributed by atoms with van der Waals surface area (Å²) in [6.07, 6.45) is 0. The zero-order valence-electron chi connectivity index (χ0n) is 23.3. The quantitative estimate of drug-likeness (QED) is 0.0459. The molecule has 0 aromatic heterocycles. The SMILES string of the molecule is N=c1c(S(=O)(=O)[O-])cc(=Nc2cc(S(=O)(=O)[O-])c(N)c3c(O)c4ccccc4c(O)c23)c2c(=O)c3ccccc3c(=O)c1=2.[Na+].[Na+]. The maximum Gasteiger partial charge on any atom is 1.00 e. The molecule has 45 heavy (non-hydrogen) atoms. The number of anilines is 1. The third-order valence-electron chi connectivity index (χ3n) is 7.14. The average Bonchev–Trinajstić information content (AvgIpc) is 2.94. The number of benzene rings is 4. The first kappa shape index (κ1) is 34.6. The Morgan fingerprint density at radius 1 is 0.689 bits per heavy atom. The van der Waals surface area contributed by atoms with Gasteiger partial charge in [0.2, 0.25) is 0 Å². The van der Waals surface area contributed by atoms with Crippen LogP contribution in [0.5, 0.6) is 11.5 Å². The Morgan fingerprint density at radius 2 is 1.13 bits per heavy atom. The molecule has 216 valence electrons. The average molecular weight is 664 g/mol. The van der Waals surface area contributed by atoms with Gasteiger partial charge in [-0.05, 0) is 12.1 Å². The van der Waals surface area contributed by atoms with E-state index in [0.717, 1.165) is 0 Å². The minimum atomic E-state index is -5.44. The normalized spacial score (nSPS) is 12.4. The molecule has 0 fully saturated rings. The summed E-state index contributed by atoms with van der Waals surface area (Å²) in [5.41, 5.74) is 2.85. The van der Waals surface area contributed by atoms with Gasteiger partial charge in [0, 0.05) is 21.5 Å². The fourth-order valence-electron chi connectivity index (χ4n) is 5.27. The second-order valence-corrected chi connectivity index (χ2v) is 12.2. The molecule has 0 radical (unpaired) electrons. The number of rotatable bonds is 3. The van der Waals surface area contributed by atoms with Gasteiger partial charge in [-0.2, -0.15) is 0 Å². The predicted octanol–water partition coefficient (Wildman–Crippen LogP) is -5.01. The van der Waals surface area contributed by atoms with E-state index in [2.05, 4.69) is 4.99 Å². The molecule has 2 aliphatic carbocycles. The van der Waals surface area contributed by atoms with Gasteiger partial charge in [-0.1, -0.05) is 48.5 Å². The van der Waals surface area contributed by atoms with Gasteiger partial charge in [0.05, 0.1) is 53.1 Å². The molecule has 5 N–H and O–H groups in total. The van der Waals surface area contributed by atoms with Crippen molar-refractivity contribution in [2.45, 2.75) is 9.79 Å². The van der Waals surface area contributed by atoms with Gasteiger partial charge in [0.1, 0.15) is 31.7 Å². The number of nitrogen functional groups attached to an aromatic ring is 1. The Hall–Kier alpha value is -3.22. The summed E-state index contributed by atoms with van der Waals surface area (Å²) >= 11 is 0. The third-order valence-corrected chi connectivity index (χ3v) is 8.88. The standard InChI is InChI=1S/C28H17N3O10S2.2Na/c29-23-17(42(36,37)38)9-15(19-21(23)27(34)13-7-3-1-5-11(13)25(19)32)31-16-10-18(43(39,40)41)24(30)22-20(16)26(33)12-6-2-4-8-14(12)28(22)35;;/h1-10,29,33,35H,30H2,(H,36,37,38)(H,39,40,41);;/q;2*+1/p-2. The molecule has 6 rings (SSSR count). The molecule has 0 saturated heterocycles. The summed E-state index contributed by atoms with van der Waals surface area (Å²) < 4.78 is 73.0. The molecule has 17 heteroatoms. The zero-order valence-corrected chi connectivity index (χ0v) is 28.9. The fraction of sp³-hybridized carbons (Fsp3) is 0. The van der Waals surface area contributed by atoms with Crippen molar-refractivity contribution in [1.29, 1.82) is 5.41 Å². The number of hydrogen-bond donors (Lipinski definition) is 4. The number of aromatic hydroxyl groups is 2. The van der Waals surface area contributed by atoms with E-state index in [0.29, 0.717) is 12.1 Å².